The van der Waals surface area contributed by atoms with E-state index in [1.54, 1.807) is 4.90 Å². The third-order valence-electron chi connectivity index (χ3n) is 4.59. The van der Waals surface area contributed by atoms with Gasteiger partial charge in [-0.25, -0.2) is 4.98 Å². The Hall–Kier alpha value is -2.61. The number of hydrogen-bond donors (Lipinski definition) is 0. The van der Waals surface area contributed by atoms with Gasteiger partial charge in [0, 0.05) is 44.5 Å². The zero-order valence-electron chi connectivity index (χ0n) is 15.5. The van der Waals surface area contributed by atoms with Gasteiger partial charge in [0.25, 0.3) is 5.91 Å². The standard InChI is InChI=1S/C20H22F3N3O2/c1-15-12-25(13-16-5-3-2-4-6-16)9-10-26(15)19(27)17-7-8-18(24-11-17)28-14-20(21,22)23/h2-8,11,15H,9-10,12-14H2,1H3. The third-order valence-corrected chi connectivity index (χ3v) is 4.59. The lowest BCUT2D eigenvalue weighted by molar-refractivity contribution is -0.154. The monoisotopic (exact) mass is 393 g/mol. The molecule has 0 saturated carbocycles. The number of carbonyl (C=O) groups excluding carboxylic acids is 1. The molecule has 1 fully saturated rings. The Labute approximate surface area is 161 Å². The largest absolute Gasteiger partial charge is 0.468 e. The molecule has 0 N–H and O–H groups in total. The quantitative estimate of drug-likeness (QED) is 0.782. The van der Waals surface area contributed by atoms with Crippen molar-refractivity contribution in [2.45, 2.75) is 25.7 Å². The molecule has 0 aliphatic carbocycles. The summed E-state index contributed by atoms with van der Waals surface area (Å²) < 4.78 is 41.1. The molecule has 8 heteroatoms. The lowest BCUT2D eigenvalue weighted by Crippen LogP contribution is -2.53. The highest BCUT2D eigenvalue weighted by atomic mass is 19.4. The fraction of sp³-hybridized carbons (Fsp3) is 0.400. The number of ether oxygens (including phenoxy) is 1. The molecule has 1 aliphatic heterocycles. The first-order valence-electron chi connectivity index (χ1n) is 9.05. The van der Waals surface area contributed by atoms with Crippen LogP contribution in [0.1, 0.15) is 22.8 Å². The second kappa shape index (κ2) is 8.60. The van der Waals surface area contributed by atoms with E-state index >= 15 is 0 Å². The molecule has 1 atom stereocenters. The van der Waals surface area contributed by atoms with Crippen molar-refractivity contribution < 1.29 is 22.7 Å². The van der Waals surface area contributed by atoms with Crippen molar-refractivity contribution in [1.82, 2.24) is 14.8 Å². The van der Waals surface area contributed by atoms with Crippen molar-refractivity contribution in [2.75, 3.05) is 26.2 Å². The predicted octanol–water partition coefficient (Wildman–Crippen LogP) is 3.37. The maximum atomic E-state index is 12.8. The maximum absolute atomic E-state index is 12.8. The molecule has 0 radical (unpaired) electrons. The second-order valence-corrected chi connectivity index (χ2v) is 6.86. The molecule has 0 spiro atoms. The van der Waals surface area contributed by atoms with Crippen LogP contribution in [0.4, 0.5) is 13.2 Å². The summed E-state index contributed by atoms with van der Waals surface area (Å²) in [4.78, 5) is 20.6. The van der Waals surface area contributed by atoms with E-state index in [1.807, 2.05) is 25.1 Å². The minimum atomic E-state index is -4.43. The van der Waals surface area contributed by atoms with Crippen molar-refractivity contribution in [3.8, 4) is 5.88 Å². The normalized spacial score (nSPS) is 18.1. The lowest BCUT2D eigenvalue weighted by Gasteiger charge is -2.40. The van der Waals surface area contributed by atoms with Gasteiger partial charge in [0.1, 0.15) is 0 Å². The number of carbonyl (C=O) groups is 1. The van der Waals surface area contributed by atoms with Gasteiger partial charge in [0.15, 0.2) is 6.61 Å². The van der Waals surface area contributed by atoms with Crippen LogP contribution in [0.25, 0.3) is 0 Å². The first-order chi connectivity index (χ1) is 13.3. The summed E-state index contributed by atoms with van der Waals surface area (Å²) in [6, 6.07) is 12.9. The summed E-state index contributed by atoms with van der Waals surface area (Å²) in [7, 11) is 0. The summed E-state index contributed by atoms with van der Waals surface area (Å²) in [5, 5.41) is 0. The van der Waals surface area contributed by atoms with Crippen molar-refractivity contribution >= 4 is 5.91 Å². The molecular weight excluding hydrogens is 371 g/mol. The molecule has 150 valence electrons. The first-order valence-corrected chi connectivity index (χ1v) is 9.05. The van der Waals surface area contributed by atoms with Gasteiger partial charge >= 0.3 is 6.18 Å². The van der Waals surface area contributed by atoms with Gasteiger partial charge in [0.05, 0.1) is 5.56 Å². The summed E-state index contributed by atoms with van der Waals surface area (Å²) in [5.41, 5.74) is 1.57. The topological polar surface area (TPSA) is 45.7 Å². The van der Waals surface area contributed by atoms with Crippen LogP contribution in [0.2, 0.25) is 0 Å². The average Bonchev–Trinajstić information content (AvgIpc) is 2.67. The van der Waals surface area contributed by atoms with E-state index in [1.165, 1.54) is 23.9 Å². The maximum Gasteiger partial charge on any atom is 0.422 e. The number of benzene rings is 1. The van der Waals surface area contributed by atoms with Crippen LogP contribution in [-0.2, 0) is 6.54 Å². The van der Waals surface area contributed by atoms with Crippen LogP contribution in [0.3, 0.4) is 0 Å². The highest BCUT2D eigenvalue weighted by Gasteiger charge is 2.30. The van der Waals surface area contributed by atoms with Gasteiger partial charge in [0.2, 0.25) is 5.88 Å². The summed E-state index contributed by atoms with van der Waals surface area (Å²) in [5.74, 6) is -0.337. The number of alkyl halides is 3. The van der Waals surface area contributed by atoms with Crippen LogP contribution >= 0.6 is 0 Å². The third kappa shape index (κ3) is 5.45. The fourth-order valence-electron chi connectivity index (χ4n) is 3.23. The molecule has 0 bridgehead atoms. The highest BCUT2D eigenvalue weighted by Crippen LogP contribution is 2.19. The minimum absolute atomic E-state index is 0.0196. The Morgan fingerprint density at radius 3 is 2.54 bits per heavy atom. The Bertz CT molecular complexity index is 782. The highest BCUT2D eigenvalue weighted by molar-refractivity contribution is 5.94. The number of piperazine rings is 1. The van der Waals surface area contributed by atoms with Crippen molar-refractivity contribution in [3.05, 3.63) is 59.8 Å². The molecule has 5 nitrogen and oxygen atoms in total. The van der Waals surface area contributed by atoms with Crippen LogP contribution in [0, 0.1) is 0 Å². The van der Waals surface area contributed by atoms with Crippen LogP contribution in [0.5, 0.6) is 5.88 Å². The molecular formula is C20H22F3N3O2. The molecule has 1 aliphatic rings. The summed E-state index contributed by atoms with van der Waals surface area (Å²) in [6.07, 6.45) is -3.16. The molecule has 3 rings (SSSR count). The zero-order valence-corrected chi connectivity index (χ0v) is 15.5. The molecule has 1 saturated heterocycles. The molecule has 1 unspecified atom stereocenters. The molecule has 2 aromatic rings. The smallest absolute Gasteiger partial charge is 0.422 e. The first kappa shape index (κ1) is 20.1. The average molecular weight is 393 g/mol. The Morgan fingerprint density at radius 1 is 1.18 bits per heavy atom. The van der Waals surface area contributed by atoms with Gasteiger partial charge in [-0.1, -0.05) is 30.3 Å². The van der Waals surface area contributed by atoms with Crippen molar-refractivity contribution in [1.29, 1.82) is 0 Å². The molecule has 1 amide bonds. The Balaban J connectivity index is 1.56. The number of amides is 1. The van der Waals surface area contributed by atoms with Gasteiger partial charge in [-0.2, -0.15) is 13.2 Å². The zero-order chi connectivity index (χ0) is 20.1. The second-order valence-electron chi connectivity index (χ2n) is 6.86. The number of pyridine rings is 1. The Kier molecular flexibility index (Phi) is 6.18. The number of nitrogens with zero attached hydrogens (tertiary/aromatic N) is 3. The number of aromatic nitrogens is 1. The molecule has 2 heterocycles. The Morgan fingerprint density at radius 2 is 1.93 bits per heavy atom. The summed E-state index contributed by atoms with van der Waals surface area (Å²) >= 11 is 0. The minimum Gasteiger partial charge on any atom is -0.468 e. The molecule has 28 heavy (non-hydrogen) atoms. The number of hydrogen-bond acceptors (Lipinski definition) is 4. The number of halogens is 3. The van der Waals surface area contributed by atoms with Gasteiger partial charge in [-0.3, -0.25) is 9.69 Å². The number of rotatable bonds is 5. The van der Waals surface area contributed by atoms with E-state index in [0.29, 0.717) is 12.1 Å². The van der Waals surface area contributed by atoms with E-state index < -0.39 is 12.8 Å². The molecule has 1 aromatic heterocycles. The van der Waals surface area contributed by atoms with Crippen LogP contribution in [-0.4, -0.2) is 59.2 Å². The van der Waals surface area contributed by atoms with Crippen molar-refractivity contribution in [2.24, 2.45) is 0 Å². The van der Waals surface area contributed by atoms with Crippen LogP contribution < -0.4 is 4.74 Å². The van der Waals surface area contributed by atoms with E-state index in [-0.39, 0.29) is 17.8 Å². The summed E-state index contributed by atoms with van der Waals surface area (Å²) in [6.45, 7) is 3.50. The van der Waals surface area contributed by atoms with Gasteiger partial charge in [-0.05, 0) is 18.6 Å². The van der Waals surface area contributed by atoms with Crippen molar-refractivity contribution in [3.63, 3.8) is 0 Å². The predicted molar refractivity (Wildman–Crippen MR) is 98.0 cm³/mol. The van der Waals surface area contributed by atoms with E-state index in [0.717, 1.165) is 19.6 Å². The van der Waals surface area contributed by atoms with Gasteiger partial charge < -0.3 is 9.64 Å². The van der Waals surface area contributed by atoms with Crippen LogP contribution in [0.15, 0.2) is 48.7 Å². The molecule has 1 aromatic carbocycles. The fourth-order valence-corrected chi connectivity index (χ4v) is 3.23. The van der Waals surface area contributed by atoms with E-state index in [4.69, 9.17) is 0 Å². The van der Waals surface area contributed by atoms with Gasteiger partial charge in [-0.15, -0.1) is 0 Å². The van der Waals surface area contributed by atoms with E-state index in [2.05, 4.69) is 26.8 Å². The lowest BCUT2D eigenvalue weighted by atomic mass is 10.1. The SMILES string of the molecule is CC1CN(Cc2ccccc2)CCN1C(=O)c1ccc(OCC(F)(F)F)nc1. The van der Waals surface area contributed by atoms with E-state index in [9.17, 15) is 18.0 Å².